The Balaban J connectivity index is 2.01. The van der Waals surface area contributed by atoms with Crippen LogP contribution in [0.5, 0.6) is 0 Å². The second-order valence-corrected chi connectivity index (χ2v) is 8.19. The van der Waals surface area contributed by atoms with Crippen molar-refractivity contribution in [2.24, 2.45) is 5.41 Å². The maximum atomic E-state index is 10.4. The molecule has 1 unspecified atom stereocenters. The molecule has 106 valence electrons. The Bertz CT molecular complexity index is 471. The molecule has 1 aliphatic carbocycles. The Labute approximate surface area is 120 Å². The Morgan fingerprint density at radius 3 is 2.68 bits per heavy atom. The van der Waals surface area contributed by atoms with Gasteiger partial charge in [0.1, 0.15) is 0 Å². The number of aryl methyl sites for hydroxylation is 1. The average Bonchev–Trinajstić information content (AvgIpc) is 2.65. The highest BCUT2D eigenvalue weighted by atomic mass is 32.2. The van der Waals surface area contributed by atoms with Crippen LogP contribution in [-0.4, -0.2) is 21.2 Å². The second kappa shape index (κ2) is 4.85. The van der Waals surface area contributed by atoms with E-state index in [-0.39, 0.29) is 11.5 Å². The molecule has 1 N–H and O–H groups in total. The molecule has 0 amide bonds. The van der Waals surface area contributed by atoms with Gasteiger partial charge in [0, 0.05) is 23.0 Å². The van der Waals surface area contributed by atoms with E-state index in [0.717, 1.165) is 12.8 Å². The van der Waals surface area contributed by atoms with E-state index in [4.69, 9.17) is 0 Å². The summed E-state index contributed by atoms with van der Waals surface area (Å²) in [6.07, 6.45) is 4.30. The standard InChI is InChI=1S/C16H25NOS/c1-11-8-13-14(9-16(2,3)10-15(13)18)17(11)12-4-6-19-7-5-12/h8,12,15,18H,4-7,9-10H2,1-3H3. The fourth-order valence-corrected chi connectivity index (χ4v) is 4.90. The predicted octanol–water partition coefficient (Wildman–Crippen LogP) is 3.87. The third-order valence-corrected chi connectivity index (χ3v) is 5.72. The van der Waals surface area contributed by atoms with Crippen molar-refractivity contribution in [2.45, 2.75) is 58.6 Å². The first-order valence-corrected chi connectivity index (χ1v) is 8.60. The molecule has 3 rings (SSSR count). The van der Waals surface area contributed by atoms with Gasteiger partial charge in [-0.2, -0.15) is 11.8 Å². The molecule has 19 heavy (non-hydrogen) atoms. The third-order valence-electron chi connectivity index (χ3n) is 4.68. The number of thioether (sulfide) groups is 1. The molecular formula is C16H25NOS. The van der Waals surface area contributed by atoms with E-state index in [1.807, 2.05) is 0 Å². The van der Waals surface area contributed by atoms with Crippen LogP contribution < -0.4 is 0 Å². The van der Waals surface area contributed by atoms with E-state index in [1.54, 1.807) is 0 Å². The van der Waals surface area contributed by atoms with Crippen molar-refractivity contribution in [1.82, 2.24) is 4.57 Å². The Hall–Kier alpha value is -0.410. The zero-order chi connectivity index (χ0) is 13.6. The molecule has 3 heteroatoms. The van der Waals surface area contributed by atoms with Crippen molar-refractivity contribution in [3.8, 4) is 0 Å². The summed E-state index contributed by atoms with van der Waals surface area (Å²) in [5.74, 6) is 2.56. The molecule has 1 aromatic heterocycles. The molecule has 0 spiro atoms. The van der Waals surface area contributed by atoms with Crippen LogP contribution >= 0.6 is 11.8 Å². The first-order valence-electron chi connectivity index (χ1n) is 7.44. The zero-order valence-electron chi connectivity index (χ0n) is 12.3. The summed E-state index contributed by atoms with van der Waals surface area (Å²) in [6, 6.07) is 2.89. The van der Waals surface area contributed by atoms with Crippen molar-refractivity contribution in [1.29, 1.82) is 0 Å². The highest BCUT2D eigenvalue weighted by Crippen LogP contribution is 2.44. The third kappa shape index (κ3) is 2.47. The van der Waals surface area contributed by atoms with E-state index in [9.17, 15) is 5.11 Å². The summed E-state index contributed by atoms with van der Waals surface area (Å²) in [7, 11) is 0. The summed E-state index contributed by atoms with van der Waals surface area (Å²) >= 11 is 2.08. The quantitative estimate of drug-likeness (QED) is 0.844. The van der Waals surface area contributed by atoms with Crippen LogP contribution in [0.3, 0.4) is 0 Å². The van der Waals surface area contributed by atoms with Crippen molar-refractivity contribution in [3.63, 3.8) is 0 Å². The smallest absolute Gasteiger partial charge is 0.0812 e. The number of nitrogens with zero attached hydrogens (tertiary/aromatic N) is 1. The summed E-state index contributed by atoms with van der Waals surface area (Å²) in [4.78, 5) is 0. The average molecular weight is 279 g/mol. The lowest BCUT2D eigenvalue weighted by Gasteiger charge is -2.36. The molecular weight excluding hydrogens is 254 g/mol. The lowest BCUT2D eigenvalue weighted by molar-refractivity contribution is 0.0973. The van der Waals surface area contributed by atoms with Gasteiger partial charge in [0.05, 0.1) is 6.10 Å². The van der Waals surface area contributed by atoms with Crippen LogP contribution in [0.4, 0.5) is 0 Å². The van der Waals surface area contributed by atoms with Gasteiger partial charge >= 0.3 is 0 Å². The molecule has 2 aliphatic rings. The SMILES string of the molecule is Cc1cc2c(n1C1CCSCC1)CC(C)(C)CC2O. The maximum absolute atomic E-state index is 10.4. The van der Waals surface area contributed by atoms with Crippen LogP contribution in [0.1, 0.15) is 62.2 Å². The highest BCUT2D eigenvalue weighted by Gasteiger charge is 2.35. The Kier molecular flexibility index (Phi) is 3.46. The van der Waals surface area contributed by atoms with Gasteiger partial charge in [-0.25, -0.2) is 0 Å². The summed E-state index contributed by atoms with van der Waals surface area (Å²) in [6.45, 7) is 6.77. The number of fused-ring (bicyclic) bond motifs is 1. The van der Waals surface area contributed by atoms with Gasteiger partial charge in [0.2, 0.25) is 0 Å². The van der Waals surface area contributed by atoms with Gasteiger partial charge in [0.25, 0.3) is 0 Å². The first-order chi connectivity index (χ1) is 8.98. The number of aromatic nitrogens is 1. The number of aliphatic hydroxyl groups excluding tert-OH is 1. The van der Waals surface area contributed by atoms with E-state index < -0.39 is 0 Å². The molecule has 1 saturated heterocycles. The second-order valence-electron chi connectivity index (χ2n) is 6.96. The minimum absolute atomic E-state index is 0.221. The fourth-order valence-electron chi connectivity index (χ4n) is 3.82. The molecule has 0 bridgehead atoms. The zero-order valence-corrected chi connectivity index (χ0v) is 13.1. The van der Waals surface area contributed by atoms with Crippen LogP contribution in [0.25, 0.3) is 0 Å². The number of aliphatic hydroxyl groups is 1. The molecule has 0 radical (unpaired) electrons. The molecule has 1 atom stereocenters. The van der Waals surface area contributed by atoms with Crippen LogP contribution in [0, 0.1) is 12.3 Å². The van der Waals surface area contributed by atoms with Gasteiger partial charge in [-0.1, -0.05) is 13.8 Å². The number of hydrogen-bond donors (Lipinski definition) is 1. The molecule has 2 nitrogen and oxygen atoms in total. The van der Waals surface area contributed by atoms with Gasteiger partial charge < -0.3 is 9.67 Å². The van der Waals surface area contributed by atoms with Gasteiger partial charge in [-0.05, 0) is 55.6 Å². The fraction of sp³-hybridized carbons (Fsp3) is 0.750. The lowest BCUT2D eigenvalue weighted by atomic mass is 9.75. The van der Waals surface area contributed by atoms with Crippen molar-refractivity contribution < 1.29 is 5.11 Å². The van der Waals surface area contributed by atoms with Crippen molar-refractivity contribution in [3.05, 3.63) is 23.0 Å². The molecule has 1 fully saturated rings. The summed E-state index contributed by atoms with van der Waals surface area (Å²) < 4.78 is 2.55. The maximum Gasteiger partial charge on any atom is 0.0812 e. The Morgan fingerprint density at radius 1 is 1.32 bits per heavy atom. The van der Waals surface area contributed by atoms with Gasteiger partial charge in [-0.3, -0.25) is 0 Å². The summed E-state index contributed by atoms with van der Waals surface area (Å²) in [5.41, 5.74) is 4.19. The summed E-state index contributed by atoms with van der Waals surface area (Å²) in [5, 5.41) is 10.4. The van der Waals surface area contributed by atoms with E-state index in [1.165, 1.54) is 41.3 Å². The molecule has 0 saturated carbocycles. The topological polar surface area (TPSA) is 25.2 Å². The van der Waals surface area contributed by atoms with Crippen molar-refractivity contribution >= 4 is 11.8 Å². The predicted molar refractivity (Wildman–Crippen MR) is 81.8 cm³/mol. The van der Waals surface area contributed by atoms with E-state index >= 15 is 0 Å². The largest absolute Gasteiger partial charge is 0.388 e. The monoisotopic (exact) mass is 279 g/mol. The highest BCUT2D eigenvalue weighted by molar-refractivity contribution is 7.99. The molecule has 1 aliphatic heterocycles. The van der Waals surface area contributed by atoms with E-state index in [0.29, 0.717) is 6.04 Å². The van der Waals surface area contributed by atoms with Gasteiger partial charge in [0.15, 0.2) is 0 Å². The number of rotatable bonds is 1. The number of hydrogen-bond acceptors (Lipinski definition) is 2. The molecule has 0 aromatic carbocycles. The first kappa shape index (κ1) is 13.6. The van der Waals surface area contributed by atoms with Gasteiger partial charge in [-0.15, -0.1) is 0 Å². The van der Waals surface area contributed by atoms with Crippen LogP contribution in [-0.2, 0) is 6.42 Å². The normalized spacial score (nSPS) is 27.3. The minimum atomic E-state index is -0.267. The minimum Gasteiger partial charge on any atom is -0.388 e. The van der Waals surface area contributed by atoms with Crippen LogP contribution in [0.15, 0.2) is 6.07 Å². The van der Waals surface area contributed by atoms with Crippen LogP contribution in [0.2, 0.25) is 0 Å². The Morgan fingerprint density at radius 2 is 2.00 bits per heavy atom. The van der Waals surface area contributed by atoms with E-state index in [2.05, 4.69) is 43.2 Å². The molecule has 2 heterocycles. The van der Waals surface area contributed by atoms with Crippen molar-refractivity contribution in [2.75, 3.05) is 11.5 Å². The molecule has 1 aromatic rings. The lowest BCUT2D eigenvalue weighted by Crippen LogP contribution is -2.28.